The molecule has 4 rings (SSSR count). The van der Waals surface area contributed by atoms with Crippen LogP contribution in [0.4, 0.5) is 0 Å². The lowest BCUT2D eigenvalue weighted by atomic mass is 9.93. The second-order valence-electron chi connectivity index (χ2n) is 5.95. The first-order valence-corrected chi connectivity index (χ1v) is 8.12. The van der Waals surface area contributed by atoms with Crippen molar-refractivity contribution < 1.29 is 14.3 Å². The molecular formula is C21H17NO3. The monoisotopic (exact) mass is 331 g/mol. The van der Waals surface area contributed by atoms with Gasteiger partial charge < -0.3 is 14.4 Å². The maximum absolute atomic E-state index is 12.8. The molecule has 1 aromatic heterocycles. The number of carbonyl (C=O) groups excluding carboxylic acids is 1. The Kier molecular flexibility index (Phi) is 3.86. The summed E-state index contributed by atoms with van der Waals surface area (Å²) in [7, 11) is 0. The van der Waals surface area contributed by atoms with Crippen molar-refractivity contribution >= 4 is 11.5 Å². The Morgan fingerprint density at radius 2 is 1.60 bits per heavy atom. The molecule has 2 heterocycles. The molecule has 0 fully saturated rings. The molecule has 1 amide bonds. The van der Waals surface area contributed by atoms with Gasteiger partial charge in [-0.05, 0) is 23.3 Å². The molecule has 0 saturated heterocycles. The molecule has 0 aliphatic carbocycles. The Balaban J connectivity index is 1.82. The molecule has 4 heteroatoms. The highest BCUT2D eigenvalue weighted by Gasteiger charge is 2.41. The highest BCUT2D eigenvalue weighted by atomic mass is 16.3. The first-order chi connectivity index (χ1) is 12.3. The van der Waals surface area contributed by atoms with Crippen LogP contribution in [0.25, 0.3) is 5.57 Å². The third-order valence-electron chi connectivity index (χ3n) is 4.41. The zero-order chi connectivity index (χ0) is 17.2. The van der Waals surface area contributed by atoms with Crippen molar-refractivity contribution in [2.75, 3.05) is 0 Å². The van der Waals surface area contributed by atoms with Gasteiger partial charge in [0.2, 0.25) is 0 Å². The van der Waals surface area contributed by atoms with Gasteiger partial charge in [-0.1, -0.05) is 60.7 Å². The summed E-state index contributed by atoms with van der Waals surface area (Å²) in [6, 6.07) is 22.5. The fraction of sp³-hybridized carbons (Fsp3) is 0.0952. The predicted molar refractivity (Wildman–Crippen MR) is 94.4 cm³/mol. The van der Waals surface area contributed by atoms with Gasteiger partial charge in [-0.2, -0.15) is 0 Å². The zero-order valence-electron chi connectivity index (χ0n) is 13.5. The minimum absolute atomic E-state index is 0.202. The van der Waals surface area contributed by atoms with E-state index in [1.54, 1.807) is 17.2 Å². The Hall–Kier alpha value is -3.27. The standard InChI is InChI=1S/C21H17NO3/c23-20-18(15-8-3-1-4-9-15)19(16-10-5-2-6-11-16)22(21(20)24)14-17-12-7-13-25-17/h1-13,19,23H,14H2/t19-/m0/s1. The fourth-order valence-electron chi connectivity index (χ4n) is 3.28. The molecule has 25 heavy (non-hydrogen) atoms. The van der Waals surface area contributed by atoms with E-state index in [1.165, 1.54) is 0 Å². The maximum atomic E-state index is 12.8. The third kappa shape index (κ3) is 2.72. The molecule has 0 spiro atoms. The summed E-state index contributed by atoms with van der Waals surface area (Å²) in [5.74, 6) is 0.0899. The van der Waals surface area contributed by atoms with Gasteiger partial charge in [-0.3, -0.25) is 4.79 Å². The van der Waals surface area contributed by atoms with E-state index in [4.69, 9.17) is 4.42 Å². The third-order valence-corrected chi connectivity index (χ3v) is 4.41. The first-order valence-electron chi connectivity index (χ1n) is 8.12. The lowest BCUT2D eigenvalue weighted by molar-refractivity contribution is -0.130. The summed E-state index contributed by atoms with van der Waals surface area (Å²) in [6.07, 6.45) is 1.58. The smallest absolute Gasteiger partial charge is 0.290 e. The van der Waals surface area contributed by atoms with Crippen LogP contribution in [0.5, 0.6) is 0 Å². The lowest BCUT2D eigenvalue weighted by Gasteiger charge is -2.26. The van der Waals surface area contributed by atoms with E-state index >= 15 is 0 Å². The van der Waals surface area contributed by atoms with Gasteiger partial charge in [0.1, 0.15) is 5.76 Å². The second-order valence-corrected chi connectivity index (χ2v) is 5.95. The van der Waals surface area contributed by atoms with E-state index in [2.05, 4.69) is 0 Å². The summed E-state index contributed by atoms with van der Waals surface area (Å²) >= 11 is 0. The molecule has 0 bridgehead atoms. The number of nitrogens with zero attached hydrogens (tertiary/aromatic N) is 1. The minimum atomic E-state index is -0.385. The Labute approximate surface area is 145 Å². The quantitative estimate of drug-likeness (QED) is 0.774. The molecule has 2 aromatic carbocycles. The molecule has 4 nitrogen and oxygen atoms in total. The summed E-state index contributed by atoms with van der Waals surface area (Å²) in [5, 5.41) is 10.6. The van der Waals surface area contributed by atoms with Gasteiger partial charge in [0, 0.05) is 5.57 Å². The molecule has 0 radical (unpaired) electrons. The molecule has 0 unspecified atom stereocenters. The first kappa shape index (κ1) is 15.3. The van der Waals surface area contributed by atoms with Crippen molar-refractivity contribution in [2.45, 2.75) is 12.6 Å². The number of benzene rings is 2. The van der Waals surface area contributed by atoms with Gasteiger partial charge in [0.15, 0.2) is 5.76 Å². The molecule has 3 aromatic rings. The summed E-state index contributed by atoms with van der Waals surface area (Å²) < 4.78 is 5.41. The summed E-state index contributed by atoms with van der Waals surface area (Å²) in [6.45, 7) is 0.297. The van der Waals surface area contributed by atoms with Gasteiger partial charge in [0.25, 0.3) is 5.91 Å². The van der Waals surface area contributed by atoms with Gasteiger partial charge in [-0.15, -0.1) is 0 Å². The van der Waals surface area contributed by atoms with Crippen molar-refractivity contribution in [3.63, 3.8) is 0 Å². The molecular weight excluding hydrogens is 314 g/mol. The molecule has 124 valence electrons. The fourth-order valence-corrected chi connectivity index (χ4v) is 3.28. The van der Waals surface area contributed by atoms with Crippen molar-refractivity contribution in [1.29, 1.82) is 0 Å². The van der Waals surface area contributed by atoms with Crippen LogP contribution in [0.2, 0.25) is 0 Å². The van der Waals surface area contributed by atoms with Gasteiger partial charge in [-0.25, -0.2) is 0 Å². The van der Waals surface area contributed by atoms with Crippen LogP contribution in [0.3, 0.4) is 0 Å². The van der Waals surface area contributed by atoms with E-state index in [0.717, 1.165) is 11.1 Å². The zero-order valence-corrected chi connectivity index (χ0v) is 13.5. The van der Waals surface area contributed by atoms with E-state index < -0.39 is 0 Å². The van der Waals surface area contributed by atoms with Crippen LogP contribution >= 0.6 is 0 Å². The van der Waals surface area contributed by atoms with Crippen LogP contribution in [0, 0.1) is 0 Å². The number of furan rings is 1. The Bertz CT molecular complexity index is 899. The van der Waals surface area contributed by atoms with Crippen LogP contribution < -0.4 is 0 Å². The molecule has 1 atom stereocenters. The normalized spacial score (nSPS) is 17.4. The molecule has 1 aliphatic rings. The molecule has 0 saturated carbocycles. The highest BCUT2D eigenvalue weighted by molar-refractivity contribution is 6.05. The number of amides is 1. The average Bonchev–Trinajstić information content (AvgIpc) is 3.25. The number of aliphatic hydroxyl groups is 1. The van der Waals surface area contributed by atoms with E-state index in [0.29, 0.717) is 17.9 Å². The second kappa shape index (κ2) is 6.32. The topological polar surface area (TPSA) is 53.7 Å². The van der Waals surface area contributed by atoms with Gasteiger partial charge >= 0.3 is 0 Å². The summed E-state index contributed by atoms with van der Waals surface area (Å²) in [4.78, 5) is 14.4. The van der Waals surface area contributed by atoms with E-state index in [9.17, 15) is 9.90 Å². The summed E-state index contributed by atoms with van der Waals surface area (Å²) in [5.41, 5.74) is 2.41. The number of rotatable bonds is 4. The van der Waals surface area contributed by atoms with Crippen LogP contribution in [-0.4, -0.2) is 15.9 Å². The number of aliphatic hydroxyl groups excluding tert-OH is 1. The highest BCUT2D eigenvalue weighted by Crippen LogP contribution is 2.43. The Morgan fingerprint density at radius 1 is 0.920 bits per heavy atom. The van der Waals surface area contributed by atoms with Gasteiger partial charge in [0.05, 0.1) is 18.8 Å². The number of hydrogen-bond donors (Lipinski definition) is 1. The van der Waals surface area contributed by atoms with Crippen molar-refractivity contribution in [3.05, 3.63) is 102 Å². The number of hydrogen-bond acceptors (Lipinski definition) is 3. The lowest BCUT2D eigenvalue weighted by Crippen LogP contribution is -2.29. The Morgan fingerprint density at radius 3 is 2.24 bits per heavy atom. The average molecular weight is 331 g/mol. The van der Waals surface area contributed by atoms with Crippen molar-refractivity contribution in [3.8, 4) is 0 Å². The minimum Gasteiger partial charge on any atom is -0.503 e. The van der Waals surface area contributed by atoms with Crippen molar-refractivity contribution in [2.24, 2.45) is 0 Å². The molecule has 1 aliphatic heterocycles. The molecule has 1 N–H and O–H groups in total. The van der Waals surface area contributed by atoms with E-state index in [-0.39, 0.29) is 17.7 Å². The SMILES string of the molecule is O=C1C(O)=C(c2ccccc2)[C@H](c2ccccc2)N1Cc1ccco1. The van der Waals surface area contributed by atoms with Crippen molar-refractivity contribution in [1.82, 2.24) is 4.90 Å². The predicted octanol–water partition coefficient (Wildman–Crippen LogP) is 4.33. The van der Waals surface area contributed by atoms with E-state index in [1.807, 2.05) is 66.7 Å². The maximum Gasteiger partial charge on any atom is 0.290 e. The van der Waals surface area contributed by atoms with Crippen LogP contribution in [0.1, 0.15) is 22.9 Å². The largest absolute Gasteiger partial charge is 0.503 e. The van der Waals surface area contributed by atoms with Crippen LogP contribution in [-0.2, 0) is 11.3 Å². The number of carbonyl (C=O) groups is 1. The van der Waals surface area contributed by atoms with Crippen LogP contribution in [0.15, 0.2) is 89.2 Å².